The van der Waals surface area contributed by atoms with E-state index in [9.17, 15) is 28.5 Å². The van der Waals surface area contributed by atoms with Crippen molar-refractivity contribution in [1.29, 1.82) is 0 Å². The lowest BCUT2D eigenvalue weighted by atomic mass is 9.99. The average molecular weight is 883 g/mol. The molecule has 0 radical (unpaired) electrons. The summed E-state index contributed by atoms with van der Waals surface area (Å²) in [5.41, 5.74) is 0. The molecule has 0 bridgehead atoms. The fourth-order valence-corrected chi connectivity index (χ4v) is 7.07. The van der Waals surface area contributed by atoms with Gasteiger partial charge in [-0.1, -0.05) is 151 Å². The van der Waals surface area contributed by atoms with Crippen molar-refractivity contribution in [2.24, 2.45) is 0 Å². The number of hydrogen-bond acceptors (Lipinski definition) is 11. The first-order valence-electron chi connectivity index (χ1n) is 23.2. The number of carbonyl (C=O) groups excluding carboxylic acids is 1. The van der Waals surface area contributed by atoms with E-state index in [1.807, 2.05) is 0 Å². The van der Waals surface area contributed by atoms with Gasteiger partial charge in [0.25, 0.3) is 0 Å². The SMILES string of the molecule is CC/C=C\C/C=C\C/C=C\C/C=C\CCCCCCCCC(=O)OC(COCCCCCCCC/C=C\C/C=C\CCCC)COC1OC(CO)C(O)C(OS(=O)(=O)O)C1O. The fraction of sp³-hybridized carbons (Fsp3) is 0.729. The molecule has 0 amide bonds. The Labute approximate surface area is 369 Å². The van der Waals surface area contributed by atoms with Crippen LogP contribution in [0.2, 0.25) is 0 Å². The monoisotopic (exact) mass is 883 g/mol. The van der Waals surface area contributed by atoms with Crippen molar-refractivity contribution < 1.29 is 56.2 Å². The van der Waals surface area contributed by atoms with Crippen LogP contribution in [-0.2, 0) is 38.3 Å². The van der Waals surface area contributed by atoms with Crippen LogP contribution in [0.15, 0.2) is 72.9 Å². The maximum absolute atomic E-state index is 12.9. The lowest BCUT2D eigenvalue weighted by molar-refractivity contribution is -0.301. The Kier molecular flexibility index (Phi) is 36.3. The molecule has 1 aliphatic rings. The molecule has 6 atom stereocenters. The van der Waals surface area contributed by atoms with Gasteiger partial charge in [-0.05, 0) is 77.0 Å². The van der Waals surface area contributed by atoms with E-state index in [0.29, 0.717) is 13.0 Å². The molecular formula is C48H82O12S. The van der Waals surface area contributed by atoms with Gasteiger partial charge in [0.05, 0.1) is 19.8 Å². The minimum absolute atomic E-state index is 0.0188. The van der Waals surface area contributed by atoms with Crippen LogP contribution >= 0.6 is 0 Å². The molecule has 0 saturated carbocycles. The van der Waals surface area contributed by atoms with Crippen molar-refractivity contribution in [3.63, 3.8) is 0 Å². The quantitative estimate of drug-likeness (QED) is 0.0199. The van der Waals surface area contributed by atoms with Gasteiger partial charge < -0.3 is 34.3 Å². The zero-order chi connectivity index (χ0) is 44.7. The van der Waals surface area contributed by atoms with Crippen molar-refractivity contribution in [1.82, 2.24) is 0 Å². The maximum Gasteiger partial charge on any atom is 0.397 e. The molecule has 13 heteroatoms. The maximum atomic E-state index is 12.9. The standard InChI is InChI=1S/C48H82O12S/c1-3-5-7-9-11-13-15-17-19-20-21-22-23-25-27-29-31-33-35-37-44(50)58-42(41-57-48-46(52)47(60-61(53,54)55)45(51)43(39-49)59-48)40-56-38-36-34-32-30-28-26-24-18-16-14-12-10-8-6-4-2/h5,7,10-13,16-19,21-22,42-43,45-49,51-52H,3-4,6,8-9,14-15,20,23-41H2,1-2H3,(H,53,54,55)/b7-5-,12-10-,13-11-,18-16-,19-17-,22-21-. The second-order valence-corrected chi connectivity index (χ2v) is 16.7. The van der Waals surface area contributed by atoms with E-state index in [1.165, 1.54) is 25.7 Å². The number of carbonyl (C=O) groups is 1. The summed E-state index contributed by atoms with van der Waals surface area (Å²) in [6, 6.07) is 0. The van der Waals surface area contributed by atoms with Crippen molar-refractivity contribution in [3.8, 4) is 0 Å². The minimum atomic E-state index is -5.07. The van der Waals surface area contributed by atoms with E-state index in [0.717, 1.165) is 109 Å². The van der Waals surface area contributed by atoms with E-state index in [1.54, 1.807) is 0 Å². The minimum Gasteiger partial charge on any atom is -0.457 e. The Morgan fingerprint density at radius 2 is 1.13 bits per heavy atom. The number of allylic oxidation sites excluding steroid dienone is 12. The molecule has 1 aliphatic heterocycles. The summed E-state index contributed by atoms with van der Waals surface area (Å²) in [5, 5.41) is 30.7. The van der Waals surface area contributed by atoms with Crippen LogP contribution in [0.5, 0.6) is 0 Å². The smallest absolute Gasteiger partial charge is 0.397 e. The first-order chi connectivity index (χ1) is 29.6. The third kappa shape index (κ3) is 32.8. The number of aliphatic hydroxyl groups is 3. The number of esters is 1. The van der Waals surface area contributed by atoms with Gasteiger partial charge >= 0.3 is 16.4 Å². The lowest BCUT2D eigenvalue weighted by Gasteiger charge is -2.41. The lowest BCUT2D eigenvalue weighted by Crippen LogP contribution is -2.60. The fourth-order valence-electron chi connectivity index (χ4n) is 6.56. The molecule has 0 aliphatic carbocycles. The van der Waals surface area contributed by atoms with Gasteiger partial charge in [0.2, 0.25) is 0 Å². The highest BCUT2D eigenvalue weighted by Crippen LogP contribution is 2.26. The summed E-state index contributed by atoms with van der Waals surface area (Å²) < 4.78 is 59.1. The third-order valence-corrected chi connectivity index (χ3v) is 10.5. The highest BCUT2D eigenvalue weighted by Gasteiger charge is 2.48. The number of unbranched alkanes of at least 4 members (excludes halogenated alkanes) is 14. The van der Waals surface area contributed by atoms with Crippen LogP contribution < -0.4 is 0 Å². The summed E-state index contributed by atoms with van der Waals surface area (Å²) in [6.45, 7) is 3.78. The number of rotatable bonds is 39. The molecule has 0 spiro atoms. The molecule has 0 aromatic rings. The van der Waals surface area contributed by atoms with Gasteiger partial charge in [-0.25, -0.2) is 4.18 Å². The summed E-state index contributed by atoms with van der Waals surface area (Å²) >= 11 is 0. The Bertz CT molecular complexity index is 1340. The van der Waals surface area contributed by atoms with Crippen LogP contribution in [0, 0.1) is 0 Å². The van der Waals surface area contributed by atoms with Gasteiger partial charge in [-0.3, -0.25) is 9.35 Å². The molecule has 352 valence electrons. The van der Waals surface area contributed by atoms with Crippen molar-refractivity contribution in [2.75, 3.05) is 26.4 Å². The molecule has 6 unspecified atom stereocenters. The Morgan fingerprint density at radius 1 is 0.639 bits per heavy atom. The largest absolute Gasteiger partial charge is 0.457 e. The molecule has 12 nitrogen and oxygen atoms in total. The second kappa shape index (κ2) is 39.2. The van der Waals surface area contributed by atoms with Gasteiger partial charge in [-0.2, -0.15) is 8.42 Å². The van der Waals surface area contributed by atoms with Crippen LogP contribution in [0.4, 0.5) is 0 Å². The highest BCUT2D eigenvalue weighted by molar-refractivity contribution is 7.80. The number of hydrogen-bond donors (Lipinski definition) is 4. The van der Waals surface area contributed by atoms with E-state index in [4.69, 9.17) is 23.5 Å². The Hall–Kier alpha value is -2.46. The first kappa shape index (κ1) is 56.6. The molecule has 1 saturated heterocycles. The van der Waals surface area contributed by atoms with Gasteiger partial charge in [0, 0.05) is 13.0 Å². The van der Waals surface area contributed by atoms with Gasteiger partial charge in [0.15, 0.2) is 6.29 Å². The van der Waals surface area contributed by atoms with Crippen molar-refractivity contribution in [2.45, 2.75) is 198 Å². The van der Waals surface area contributed by atoms with Crippen LogP contribution in [0.1, 0.15) is 162 Å². The molecule has 61 heavy (non-hydrogen) atoms. The zero-order valence-corrected chi connectivity index (χ0v) is 38.3. The van der Waals surface area contributed by atoms with Gasteiger partial charge in [-0.15, -0.1) is 0 Å². The summed E-state index contributed by atoms with van der Waals surface area (Å²) in [4.78, 5) is 12.9. The normalized spacial score (nSPS) is 20.8. The molecule has 0 aromatic carbocycles. The van der Waals surface area contributed by atoms with E-state index in [-0.39, 0.29) is 19.6 Å². The zero-order valence-electron chi connectivity index (χ0n) is 37.4. The topological polar surface area (TPSA) is 178 Å². The molecule has 1 rings (SSSR count). The number of aliphatic hydroxyl groups excluding tert-OH is 3. The Balaban J connectivity index is 2.44. The predicted octanol–water partition coefficient (Wildman–Crippen LogP) is 9.91. The summed E-state index contributed by atoms with van der Waals surface area (Å²) in [6.07, 6.45) is 40.7. The summed E-state index contributed by atoms with van der Waals surface area (Å²) in [7, 11) is -5.07. The van der Waals surface area contributed by atoms with Crippen LogP contribution in [0.3, 0.4) is 0 Å². The highest BCUT2D eigenvalue weighted by atomic mass is 32.3. The van der Waals surface area contributed by atoms with Crippen LogP contribution in [0.25, 0.3) is 0 Å². The van der Waals surface area contributed by atoms with Crippen LogP contribution in [-0.4, -0.2) is 97.5 Å². The van der Waals surface area contributed by atoms with E-state index in [2.05, 4.69) is 90.9 Å². The first-order valence-corrected chi connectivity index (χ1v) is 24.6. The molecule has 1 fully saturated rings. The third-order valence-electron chi connectivity index (χ3n) is 10.1. The van der Waals surface area contributed by atoms with Crippen molar-refractivity contribution >= 4 is 16.4 Å². The molecular weight excluding hydrogens is 801 g/mol. The summed E-state index contributed by atoms with van der Waals surface area (Å²) in [5.74, 6) is -0.420. The predicted molar refractivity (Wildman–Crippen MR) is 243 cm³/mol. The van der Waals surface area contributed by atoms with E-state index >= 15 is 0 Å². The van der Waals surface area contributed by atoms with E-state index < -0.39 is 59.8 Å². The number of ether oxygens (including phenoxy) is 4. The van der Waals surface area contributed by atoms with Crippen molar-refractivity contribution in [3.05, 3.63) is 72.9 Å². The Morgan fingerprint density at radius 3 is 1.66 bits per heavy atom. The molecule has 1 heterocycles. The average Bonchev–Trinajstić information content (AvgIpc) is 3.23. The molecule has 4 N–H and O–H groups in total. The molecule has 0 aromatic heterocycles. The van der Waals surface area contributed by atoms with Gasteiger partial charge in [0.1, 0.15) is 30.5 Å². The second-order valence-electron chi connectivity index (χ2n) is 15.6.